The van der Waals surface area contributed by atoms with Crippen molar-refractivity contribution in [3.8, 4) is 0 Å². The van der Waals surface area contributed by atoms with E-state index < -0.39 is 0 Å². The van der Waals surface area contributed by atoms with E-state index in [1.807, 2.05) is 6.79 Å². The quantitative estimate of drug-likeness (QED) is 0.365. The Bertz CT molecular complexity index is 14.8. The van der Waals surface area contributed by atoms with Crippen LogP contribution in [0.1, 0.15) is 0 Å². The predicted octanol–water partition coefficient (Wildman–Crippen LogP) is 0.0999. The average Bonchev–Trinajstić information content (AvgIpc) is 1.46. The summed E-state index contributed by atoms with van der Waals surface area (Å²) in [5, 5.41) is 0. The van der Waals surface area contributed by atoms with Gasteiger partial charge in [0.05, 0.1) is 0 Å². The maximum absolute atomic E-state index is 8.00. The largest absolute Gasteiger partial charge is 0.307 e. The Labute approximate surface area is 83.0 Å². The van der Waals surface area contributed by atoms with Crippen molar-refractivity contribution >= 4 is 70.5 Å². The molecule has 0 aliphatic rings. The van der Waals surface area contributed by atoms with Crippen LogP contribution in [0.3, 0.4) is 0 Å². The van der Waals surface area contributed by atoms with Gasteiger partial charge in [-0.2, -0.15) is 0 Å². The smallest absolute Gasteiger partial charge is 0.152 e. The third kappa shape index (κ3) is 47.0. The molecule has 33 valence electrons. The molecule has 0 atom stereocenters. The molecule has 3 nitrogen and oxygen atoms in total. The van der Waals surface area contributed by atoms with Crippen molar-refractivity contribution in [2.24, 2.45) is 0 Å². The van der Waals surface area contributed by atoms with Crippen molar-refractivity contribution in [1.29, 1.82) is 0 Å². The van der Waals surface area contributed by atoms with Gasteiger partial charge < -0.3 is 13.9 Å². The van der Waals surface area contributed by atoms with Crippen molar-refractivity contribution in [2.45, 2.75) is 0 Å². The molecule has 0 saturated carbocycles. The molecule has 2 N–H and O–H groups in total. The molecular formula is CH4KO3S. The van der Waals surface area contributed by atoms with Gasteiger partial charge in [0.1, 0.15) is 6.79 Å². The van der Waals surface area contributed by atoms with Gasteiger partial charge in [-0.1, -0.05) is 0 Å². The van der Waals surface area contributed by atoms with Gasteiger partial charge in [0, 0.05) is 51.4 Å². The Morgan fingerprint density at radius 3 is 1.33 bits per heavy atom. The molecule has 5 heteroatoms. The Morgan fingerprint density at radius 2 is 1.33 bits per heavy atom. The van der Waals surface area contributed by atoms with Crippen molar-refractivity contribution in [3.63, 3.8) is 0 Å². The fourth-order valence-corrected chi connectivity index (χ4v) is 0. The van der Waals surface area contributed by atoms with Crippen molar-refractivity contribution < 1.29 is 13.9 Å². The van der Waals surface area contributed by atoms with Gasteiger partial charge in [0.25, 0.3) is 0 Å². The third-order valence-corrected chi connectivity index (χ3v) is 0. The van der Waals surface area contributed by atoms with Crippen molar-refractivity contribution in [3.05, 3.63) is 0 Å². The molecule has 0 aromatic rings. The molecule has 1 radical (unpaired) electrons. The molecule has 0 fully saturated rings. The molecule has 0 spiro atoms. The molecule has 0 aromatic heterocycles. The summed E-state index contributed by atoms with van der Waals surface area (Å²) in [4.78, 5) is 8.00. The molecular weight excluding hydrogens is 131 g/mol. The van der Waals surface area contributed by atoms with E-state index >= 15 is 0 Å². The molecule has 0 heterocycles. The third-order valence-electron chi connectivity index (χ3n) is 0. The normalized spacial score (nSPS) is 3.67. The van der Waals surface area contributed by atoms with Crippen LogP contribution in [0.4, 0.5) is 0 Å². The number of carbonyl (C=O) groups excluding carboxylic acids is 1. The second-order valence-corrected chi connectivity index (χ2v) is 0.245. The van der Waals surface area contributed by atoms with Gasteiger partial charge in [-0.25, -0.2) is 0 Å². The monoisotopic (exact) mass is 135 g/mol. The van der Waals surface area contributed by atoms with Gasteiger partial charge in [0.15, 0.2) is 12.3 Å². The van der Waals surface area contributed by atoms with E-state index in [9.17, 15) is 0 Å². The van der Waals surface area contributed by atoms with Crippen LogP contribution in [0.2, 0.25) is 0 Å². The summed E-state index contributed by atoms with van der Waals surface area (Å²) >= 11 is -0.250. The first-order valence-electron chi connectivity index (χ1n) is 0.654. The summed E-state index contributed by atoms with van der Waals surface area (Å²) in [5.74, 6) is 0. The van der Waals surface area contributed by atoms with Gasteiger partial charge in [-0.15, -0.1) is 0 Å². The minimum Gasteiger partial charge on any atom is -0.307 e. The van der Waals surface area contributed by atoms with Crippen LogP contribution >= 0.6 is 12.3 Å². The Kier molecular flexibility index (Phi) is 80.3. The van der Waals surface area contributed by atoms with Crippen LogP contribution < -0.4 is 0 Å². The number of hydrogen-bond acceptors (Lipinski definition) is 4. The summed E-state index contributed by atoms with van der Waals surface area (Å²) in [6.07, 6.45) is 0. The standard InChI is InChI=1S/CH2O.K.H2O2S/c1-2;;1-3-2/h1H2;;1-2H. The number of rotatable bonds is 0. The first kappa shape index (κ1) is 15.6. The van der Waals surface area contributed by atoms with Gasteiger partial charge in [-0.3, -0.25) is 0 Å². The van der Waals surface area contributed by atoms with Crippen molar-refractivity contribution in [2.75, 3.05) is 0 Å². The fraction of sp³-hybridized carbons (Fsp3) is 0. The summed E-state index contributed by atoms with van der Waals surface area (Å²) in [7, 11) is 0. The van der Waals surface area contributed by atoms with E-state index in [0.717, 1.165) is 0 Å². The first-order valence-corrected chi connectivity index (χ1v) is 1.38. The van der Waals surface area contributed by atoms with Crippen LogP contribution in [0.25, 0.3) is 0 Å². The zero-order chi connectivity index (χ0) is 4.71. The summed E-state index contributed by atoms with van der Waals surface area (Å²) in [6.45, 7) is 2.00. The second-order valence-electron chi connectivity index (χ2n) is 0.0816. The van der Waals surface area contributed by atoms with Crippen LogP contribution in [-0.2, 0) is 4.79 Å². The number of hydrogen-bond donors (Lipinski definition) is 2. The summed E-state index contributed by atoms with van der Waals surface area (Å²) < 4.78 is 14.1. The molecule has 0 aliphatic heterocycles. The topological polar surface area (TPSA) is 57.5 Å². The molecule has 0 saturated heterocycles. The minimum atomic E-state index is -0.250. The van der Waals surface area contributed by atoms with Crippen molar-refractivity contribution in [1.82, 2.24) is 0 Å². The number of carbonyl (C=O) groups is 1. The first-order chi connectivity index (χ1) is 2.41. The predicted molar refractivity (Wildman–Crippen MR) is 25.7 cm³/mol. The molecule has 0 aliphatic carbocycles. The molecule has 6 heavy (non-hydrogen) atoms. The maximum atomic E-state index is 8.00. The van der Waals surface area contributed by atoms with E-state index in [1.165, 1.54) is 0 Å². The van der Waals surface area contributed by atoms with Crippen LogP contribution in [0.5, 0.6) is 0 Å². The van der Waals surface area contributed by atoms with Crippen LogP contribution in [-0.4, -0.2) is 67.3 Å². The molecule has 0 amide bonds. The van der Waals surface area contributed by atoms with Gasteiger partial charge in [0.2, 0.25) is 0 Å². The second kappa shape index (κ2) is 30.8. The van der Waals surface area contributed by atoms with E-state index in [0.29, 0.717) is 0 Å². The molecule has 0 rings (SSSR count). The Hall–Kier alpha value is 1.58. The zero-order valence-corrected chi connectivity index (χ0v) is 7.36. The maximum Gasteiger partial charge on any atom is 0.152 e. The van der Waals surface area contributed by atoms with E-state index in [-0.39, 0.29) is 63.7 Å². The van der Waals surface area contributed by atoms with E-state index in [4.69, 9.17) is 13.9 Å². The molecule has 0 aromatic carbocycles. The van der Waals surface area contributed by atoms with Crippen LogP contribution in [0.15, 0.2) is 0 Å². The minimum absolute atomic E-state index is 0. The SMILES string of the molecule is C=O.OSO.[K]. The average molecular weight is 135 g/mol. The van der Waals surface area contributed by atoms with Gasteiger partial charge in [-0.05, 0) is 0 Å². The zero-order valence-electron chi connectivity index (χ0n) is 3.42. The Morgan fingerprint density at radius 1 is 1.33 bits per heavy atom. The summed E-state index contributed by atoms with van der Waals surface area (Å²) in [5.41, 5.74) is 0. The summed E-state index contributed by atoms with van der Waals surface area (Å²) in [6, 6.07) is 0. The van der Waals surface area contributed by atoms with Gasteiger partial charge >= 0.3 is 0 Å². The molecule has 0 bridgehead atoms. The Balaban J connectivity index is -0.0000000275. The van der Waals surface area contributed by atoms with E-state index in [1.54, 1.807) is 0 Å². The fourth-order valence-electron chi connectivity index (χ4n) is 0. The molecule has 0 unspecified atom stereocenters. The van der Waals surface area contributed by atoms with Crippen LogP contribution in [0, 0.1) is 0 Å². The van der Waals surface area contributed by atoms with E-state index in [2.05, 4.69) is 0 Å².